The Morgan fingerprint density at radius 3 is 2.21 bits per heavy atom. The molecule has 2 aromatic carbocycles. The summed E-state index contributed by atoms with van der Waals surface area (Å²) in [5.74, 6) is -1.02. The van der Waals surface area contributed by atoms with Crippen LogP contribution in [0.1, 0.15) is 24.0 Å². The van der Waals surface area contributed by atoms with Crippen LogP contribution >= 0.6 is 0 Å². The van der Waals surface area contributed by atoms with Crippen LogP contribution in [0.2, 0.25) is 0 Å². The number of aryl methyl sites for hydroxylation is 1. The predicted molar refractivity (Wildman–Crippen MR) is 91.2 cm³/mol. The first-order valence-corrected chi connectivity index (χ1v) is 7.87. The molecule has 0 spiro atoms. The zero-order valence-electron chi connectivity index (χ0n) is 13.7. The number of carbonyl (C=O) groups excluding carboxylic acids is 2. The maximum atomic E-state index is 12.9. The summed E-state index contributed by atoms with van der Waals surface area (Å²) >= 11 is 0. The van der Waals surface area contributed by atoms with E-state index in [2.05, 4.69) is 10.6 Å². The summed E-state index contributed by atoms with van der Waals surface area (Å²) in [5.41, 5.74) is 2.23. The maximum Gasteiger partial charge on any atom is 0.240 e. The first-order valence-electron chi connectivity index (χ1n) is 7.87. The quantitative estimate of drug-likeness (QED) is 0.840. The summed E-state index contributed by atoms with van der Waals surface area (Å²) in [6.07, 6.45) is 1.02. The Morgan fingerprint density at radius 2 is 1.58 bits per heavy atom. The van der Waals surface area contributed by atoms with Crippen molar-refractivity contribution in [1.82, 2.24) is 0 Å². The summed E-state index contributed by atoms with van der Waals surface area (Å²) in [7, 11) is 0. The van der Waals surface area contributed by atoms with E-state index in [1.807, 2.05) is 32.0 Å². The van der Waals surface area contributed by atoms with E-state index in [-0.39, 0.29) is 17.6 Å². The Hall–Kier alpha value is -2.69. The van der Waals surface area contributed by atoms with Crippen LogP contribution in [-0.4, -0.2) is 11.8 Å². The van der Waals surface area contributed by atoms with Gasteiger partial charge in [0, 0.05) is 11.4 Å². The molecular formula is C19H19FN2O2. The molecule has 1 aliphatic rings. The van der Waals surface area contributed by atoms with Crippen molar-refractivity contribution in [1.29, 1.82) is 0 Å². The Labute approximate surface area is 140 Å². The number of amides is 2. The smallest absolute Gasteiger partial charge is 0.240 e. The third-order valence-corrected chi connectivity index (χ3v) is 4.57. The van der Waals surface area contributed by atoms with Gasteiger partial charge in [-0.3, -0.25) is 9.59 Å². The van der Waals surface area contributed by atoms with Crippen molar-refractivity contribution in [3.8, 4) is 0 Å². The molecule has 0 aromatic heterocycles. The van der Waals surface area contributed by atoms with Crippen molar-refractivity contribution in [2.75, 3.05) is 10.6 Å². The number of hydrogen-bond acceptors (Lipinski definition) is 2. The van der Waals surface area contributed by atoms with E-state index >= 15 is 0 Å². The van der Waals surface area contributed by atoms with Crippen LogP contribution in [0.5, 0.6) is 0 Å². The largest absolute Gasteiger partial charge is 0.325 e. The van der Waals surface area contributed by atoms with Gasteiger partial charge in [-0.2, -0.15) is 0 Å². The van der Waals surface area contributed by atoms with Gasteiger partial charge in [0.15, 0.2) is 0 Å². The minimum absolute atomic E-state index is 0.296. The lowest BCUT2D eigenvalue weighted by Crippen LogP contribution is -2.35. The van der Waals surface area contributed by atoms with Gasteiger partial charge in [-0.05, 0) is 68.1 Å². The average Bonchev–Trinajstić information content (AvgIpc) is 3.36. The lowest BCUT2D eigenvalue weighted by molar-refractivity contribution is -0.131. The molecule has 0 heterocycles. The molecular weight excluding hydrogens is 307 g/mol. The van der Waals surface area contributed by atoms with Crippen LogP contribution in [-0.2, 0) is 9.59 Å². The van der Waals surface area contributed by atoms with Crippen molar-refractivity contribution in [3.63, 3.8) is 0 Å². The normalized spacial score (nSPS) is 14.8. The fourth-order valence-corrected chi connectivity index (χ4v) is 2.59. The zero-order chi connectivity index (χ0) is 17.3. The van der Waals surface area contributed by atoms with Gasteiger partial charge in [0.25, 0.3) is 0 Å². The van der Waals surface area contributed by atoms with Gasteiger partial charge in [-0.15, -0.1) is 0 Å². The molecule has 2 aromatic rings. The molecule has 2 N–H and O–H groups in total. The second-order valence-corrected chi connectivity index (χ2v) is 6.24. The molecule has 0 unspecified atom stereocenters. The standard InChI is InChI=1S/C19H19FN2O2/c1-12-4-3-5-16(13(12)2)22-18(24)19(10-11-19)17(23)21-15-8-6-14(20)7-9-15/h3-9H,10-11H2,1-2H3,(H,21,23)(H,22,24). The second kappa shape index (κ2) is 6.07. The van der Waals surface area contributed by atoms with Crippen molar-refractivity contribution in [2.24, 2.45) is 5.41 Å². The number of hydrogen-bond donors (Lipinski definition) is 2. The highest BCUT2D eigenvalue weighted by molar-refractivity contribution is 6.17. The fraction of sp³-hybridized carbons (Fsp3) is 0.263. The summed E-state index contributed by atoms with van der Waals surface area (Å²) in [5, 5.41) is 5.57. The summed E-state index contributed by atoms with van der Waals surface area (Å²) in [6.45, 7) is 3.90. The molecule has 0 atom stereocenters. The van der Waals surface area contributed by atoms with Crippen LogP contribution < -0.4 is 10.6 Å². The Morgan fingerprint density at radius 1 is 0.958 bits per heavy atom. The summed E-state index contributed by atoms with van der Waals surface area (Å²) in [4.78, 5) is 25.1. The van der Waals surface area contributed by atoms with E-state index in [1.165, 1.54) is 24.3 Å². The highest BCUT2D eigenvalue weighted by Gasteiger charge is 2.56. The number of rotatable bonds is 4. The Balaban J connectivity index is 1.73. The van der Waals surface area contributed by atoms with Gasteiger partial charge in [0.05, 0.1) is 0 Å². The molecule has 0 saturated heterocycles. The van der Waals surface area contributed by atoms with Crippen LogP contribution in [0.15, 0.2) is 42.5 Å². The van der Waals surface area contributed by atoms with Crippen molar-refractivity contribution >= 4 is 23.2 Å². The minimum atomic E-state index is -1.04. The summed E-state index contributed by atoms with van der Waals surface area (Å²) in [6, 6.07) is 11.2. The molecule has 2 amide bonds. The first kappa shape index (κ1) is 16.2. The molecule has 0 aliphatic heterocycles. The van der Waals surface area contributed by atoms with Gasteiger partial charge in [0.1, 0.15) is 11.2 Å². The van der Waals surface area contributed by atoms with Crippen LogP contribution in [0, 0.1) is 25.1 Å². The molecule has 1 saturated carbocycles. The van der Waals surface area contributed by atoms with Crippen LogP contribution in [0.25, 0.3) is 0 Å². The highest BCUT2D eigenvalue weighted by Crippen LogP contribution is 2.47. The topological polar surface area (TPSA) is 58.2 Å². The number of halogens is 1. The van der Waals surface area contributed by atoms with Gasteiger partial charge in [-0.1, -0.05) is 12.1 Å². The molecule has 4 nitrogen and oxygen atoms in total. The summed E-state index contributed by atoms with van der Waals surface area (Å²) < 4.78 is 12.9. The lowest BCUT2D eigenvalue weighted by atomic mass is 10.0. The van der Waals surface area contributed by atoms with Gasteiger partial charge >= 0.3 is 0 Å². The maximum absolute atomic E-state index is 12.9. The van der Waals surface area contributed by atoms with Gasteiger partial charge < -0.3 is 10.6 Å². The third-order valence-electron chi connectivity index (χ3n) is 4.57. The molecule has 0 radical (unpaired) electrons. The Bertz CT molecular complexity index is 796. The van der Waals surface area contributed by atoms with E-state index in [9.17, 15) is 14.0 Å². The lowest BCUT2D eigenvalue weighted by Gasteiger charge is -2.17. The van der Waals surface area contributed by atoms with Crippen molar-refractivity contribution < 1.29 is 14.0 Å². The Kier molecular flexibility index (Phi) is 4.09. The second-order valence-electron chi connectivity index (χ2n) is 6.24. The van der Waals surface area contributed by atoms with Crippen LogP contribution in [0.4, 0.5) is 15.8 Å². The molecule has 24 heavy (non-hydrogen) atoms. The number of benzene rings is 2. The molecule has 5 heteroatoms. The van der Waals surface area contributed by atoms with E-state index in [0.717, 1.165) is 16.8 Å². The van der Waals surface area contributed by atoms with Crippen molar-refractivity contribution in [3.05, 3.63) is 59.4 Å². The number of carbonyl (C=O) groups is 2. The first-order chi connectivity index (χ1) is 11.4. The molecule has 1 aliphatic carbocycles. The molecule has 1 fully saturated rings. The SMILES string of the molecule is Cc1cccc(NC(=O)C2(C(=O)Nc3ccc(F)cc3)CC2)c1C. The van der Waals surface area contributed by atoms with E-state index in [0.29, 0.717) is 18.5 Å². The van der Waals surface area contributed by atoms with E-state index in [4.69, 9.17) is 0 Å². The van der Waals surface area contributed by atoms with E-state index in [1.54, 1.807) is 0 Å². The number of anilines is 2. The van der Waals surface area contributed by atoms with Gasteiger partial charge in [-0.25, -0.2) is 4.39 Å². The third kappa shape index (κ3) is 3.02. The molecule has 124 valence electrons. The average molecular weight is 326 g/mol. The van der Waals surface area contributed by atoms with Crippen LogP contribution in [0.3, 0.4) is 0 Å². The molecule has 3 rings (SSSR count). The molecule has 0 bridgehead atoms. The van der Waals surface area contributed by atoms with Gasteiger partial charge in [0.2, 0.25) is 11.8 Å². The number of nitrogens with one attached hydrogen (secondary N) is 2. The van der Waals surface area contributed by atoms with Crippen molar-refractivity contribution in [2.45, 2.75) is 26.7 Å². The monoisotopic (exact) mass is 326 g/mol. The zero-order valence-corrected chi connectivity index (χ0v) is 13.7. The van der Waals surface area contributed by atoms with E-state index < -0.39 is 5.41 Å². The highest BCUT2D eigenvalue weighted by atomic mass is 19.1. The minimum Gasteiger partial charge on any atom is -0.325 e. The predicted octanol–water partition coefficient (Wildman–Crippen LogP) is 3.80. The fourth-order valence-electron chi connectivity index (χ4n) is 2.59.